The third-order valence-corrected chi connectivity index (χ3v) is 5.67. The van der Waals surface area contributed by atoms with Crippen LogP contribution < -0.4 is 0 Å². The van der Waals surface area contributed by atoms with Gasteiger partial charge in [0.25, 0.3) is 5.24 Å². The Hall–Kier alpha value is -1.38. The SMILES string of the molecule is CC(C)(C)OC(=O)c1csc2c1CCOC2CN1C(=O)CSC1=O. The van der Waals surface area contributed by atoms with Gasteiger partial charge in [0, 0.05) is 10.3 Å². The average molecular weight is 369 g/mol. The molecule has 1 saturated heterocycles. The summed E-state index contributed by atoms with van der Waals surface area (Å²) >= 11 is 2.43. The average Bonchev–Trinajstić information content (AvgIpc) is 3.04. The van der Waals surface area contributed by atoms with Crippen molar-refractivity contribution in [3.63, 3.8) is 0 Å². The minimum absolute atomic E-state index is 0.187. The number of amides is 2. The summed E-state index contributed by atoms with van der Waals surface area (Å²) in [7, 11) is 0. The molecule has 0 bridgehead atoms. The monoisotopic (exact) mass is 369 g/mol. The van der Waals surface area contributed by atoms with Gasteiger partial charge in [0.2, 0.25) is 5.91 Å². The van der Waals surface area contributed by atoms with E-state index in [0.29, 0.717) is 18.6 Å². The first-order valence-corrected chi connectivity index (χ1v) is 9.55. The van der Waals surface area contributed by atoms with Gasteiger partial charge in [-0.05, 0) is 32.8 Å². The van der Waals surface area contributed by atoms with Crippen molar-refractivity contribution in [2.45, 2.75) is 38.9 Å². The predicted molar refractivity (Wildman–Crippen MR) is 91.5 cm³/mol. The lowest BCUT2D eigenvalue weighted by Crippen LogP contribution is -2.35. The van der Waals surface area contributed by atoms with Gasteiger partial charge in [0.05, 0.1) is 24.5 Å². The molecular weight excluding hydrogens is 350 g/mol. The highest BCUT2D eigenvalue weighted by Gasteiger charge is 2.36. The van der Waals surface area contributed by atoms with Crippen molar-refractivity contribution >= 4 is 40.2 Å². The van der Waals surface area contributed by atoms with Crippen molar-refractivity contribution < 1.29 is 23.9 Å². The summed E-state index contributed by atoms with van der Waals surface area (Å²) in [6, 6.07) is 0. The Bertz CT molecular complexity index is 675. The van der Waals surface area contributed by atoms with E-state index in [9.17, 15) is 14.4 Å². The number of carbonyl (C=O) groups is 3. The van der Waals surface area contributed by atoms with Gasteiger partial charge in [-0.25, -0.2) is 4.79 Å². The Morgan fingerprint density at radius 3 is 2.79 bits per heavy atom. The number of rotatable bonds is 3. The molecule has 0 aliphatic carbocycles. The molecule has 3 heterocycles. The molecule has 2 aliphatic heterocycles. The van der Waals surface area contributed by atoms with Crippen molar-refractivity contribution in [3.8, 4) is 0 Å². The topological polar surface area (TPSA) is 72.9 Å². The van der Waals surface area contributed by atoms with Crippen molar-refractivity contribution in [2.75, 3.05) is 18.9 Å². The van der Waals surface area contributed by atoms with Crippen molar-refractivity contribution in [1.29, 1.82) is 0 Å². The molecule has 1 fully saturated rings. The van der Waals surface area contributed by atoms with Crippen LogP contribution in [0.4, 0.5) is 4.79 Å². The zero-order valence-corrected chi connectivity index (χ0v) is 15.4. The van der Waals surface area contributed by atoms with Crippen molar-refractivity contribution in [3.05, 3.63) is 21.4 Å². The third kappa shape index (κ3) is 3.50. The molecule has 0 N–H and O–H groups in total. The Morgan fingerprint density at radius 2 is 2.17 bits per heavy atom. The molecule has 0 spiro atoms. The minimum Gasteiger partial charge on any atom is -0.456 e. The maximum atomic E-state index is 12.4. The molecule has 2 amide bonds. The second-order valence-electron chi connectivity index (χ2n) is 6.66. The van der Waals surface area contributed by atoms with Gasteiger partial charge in [0.1, 0.15) is 11.7 Å². The molecule has 0 aromatic carbocycles. The van der Waals surface area contributed by atoms with E-state index >= 15 is 0 Å². The number of ether oxygens (including phenoxy) is 2. The van der Waals surface area contributed by atoms with Gasteiger partial charge < -0.3 is 9.47 Å². The van der Waals surface area contributed by atoms with Crippen LogP contribution in [0.1, 0.15) is 47.7 Å². The van der Waals surface area contributed by atoms with Gasteiger partial charge in [0.15, 0.2) is 0 Å². The van der Waals surface area contributed by atoms with Crippen LogP contribution in [0.25, 0.3) is 0 Å². The highest BCUT2D eigenvalue weighted by molar-refractivity contribution is 8.14. The Labute approximate surface area is 148 Å². The molecule has 6 nitrogen and oxygen atoms in total. The van der Waals surface area contributed by atoms with Crippen LogP contribution in [0.15, 0.2) is 5.38 Å². The number of carbonyl (C=O) groups excluding carboxylic acids is 3. The second-order valence-corrected chi connectivity index (χ2v) is 8.50. The lowest BCUT2D eigenvalue weighted by molar-refractivity contribution is -0.126. The number of imide groups is 1. The number of fused-ring (bicyclic) bond motifs is 1. The zero-order chi connectivity index (χ0) is 17.5. The zero-order valence-electron chi connectivity index (χ0n) is 13.8. The highest BCUT2D eigenvalue weighted by Crippen LogP contribution is 2.37. The molecule has 1 atom stereocenters. The molecule has 130 valence electrons. The molecule has 24 heavy (non-hydrogen) atoms. The number of hydrogen-bond acceptors (Lipinski definition) is 7. The van der Waals surface area contributed by atoms with Crippen LogP contribution in [0.2, 0.25) is 0 Å². The fraction of sp³-hybridized carbons (Fsp3) is 0.562. The van der Waals surface area contributed by atoms with E-state index in [-0.39, 0.29) is 35.5 Å². The van der Waals surface area contributed by atoms with E-state index in [1.807, 2.05) is 20.8 Å². The van der Waals surface area contributed by atoms with E-state index in [2.05, 4.69) is 0 Å². The lowest BCUT2D eigenvalue weighted by Gasteiger charge is -2.27. The molecule has 2 aliphatic rings. The predicted octanol–water partition coefficient (Wildman–Crippen LogP) is 3.01. The van der Waals surface area contributed by atoms with Crippen LogP contribution in [0.5, 0.6) is 0 Å². The second kappa shape index (κ2) is 6.50. The number of thioether (sulfide) groups is 1. The fourth-order valence-corrected chi connectivity index (χ4v) is 4.53. The molecule has 1 aromatic rings. The molecule has 1 aromatic heterocycles. The molecule has 0 radical (unpaired) electrons. The van der Waals surface area contributed by atoms with E-state index in [1.165, 1.54) is 16.2 Å². The summed E-state index contributed by atoms with van der Waals surface area (Å²) < 4.78 is 11.2. The maximum absolute atomic E-state index is 12.4. The van der Waals surface area contributed by atoms with Crippen LogP contribution in [-0.4, -0.2) is 46.5 Å². The summed E-state index contributed by atoms with van der Waals surface area (Å²) in [6.45, 7) is 6.15. The summed E-state index contributed by atoms with van der Waals surface area (Å²) in [6.07, 6.45) is 0.252. The summed E-state index contributed by atoms with van der Waals surface area (Å²) in [5.41, 5.74) is 0.922. The highest BCUT2D eigenvalue weighted by atomic mass is 32.2. The van der Waals surface area contributed by atoms with Crippen LogP contribution in [0, 0.1) is 0 Å². The molecule has 8 heteroatoms. The molecule has 1 unspecified atom stereocenters. The van der Waals surface area contributed by atoms with E-state index < -0.39 is 5.60 Å². The molecule has 0 saturated carbocycles. The van der Waals surface area contributed by atoms with Crippen molar-refractivity contribution in [2.24, 2.45) is 0 Å². The van der Waals surface area contributed by atoms with Gasteiger partial charge >= 0.3 is 5.97 Å². The molecular formula is C16H19NO5S2. The Kier molecular flexibility index (Phi) is 4.72. The lowest BCUT2D eigenvalue weighted by atomic mass is 10.0. The summed E-state index contributed by atoms with van der Waals surface area (Å²) in [5, 5.41) is 1.54. The van der Waals surface area contributed by atoms with Crippen molar-refractivity contribution in [1.82, 2.24) is 4.90 Å². The van der Waals surface area contributed by atoms with Gasteiger partial charge in [-0.1, -0.05) is 11.8 Å². The first-order valence-electron chi connectivity index (χ1n) is 7.68. The largest absolute Gasteiger partial charge is 0.456 e. The number of nitrogens with zero attached hydrogens (tertiary/aromatic N) is 1. The van der Waals surface area contributed by atoms with Gasteiger partial charge in [-0.2, -0.15) is 0 Å². The number of thiophene rings is 1. The van der Waals surface area contributed by atoms with E-state index in [0.717, 1.165) is 22.2 Å². The van der Waals surface area contributed by atoms with E-state index in [4.69, 9.17) is 9.47 Å². The van der Waals surface area contributed by atoms with Crippen LogP contribution in [-0.2, 0) is 20.7 Å². The standard InChI is InChI=1S/C16H19NO5S2/c1-16(2,3)22-14(19)10-7-23-13-9(10)4-5-21-11(13)6-17-12(18)8-24-15(17)20/h7,11H,4-6,8H2,1-3H3. The Morgan fingerprint density at radius 1 is 1.42 bits per heavy atom. The van der Waals surface area contributed by atoms with Gasteiger partial charge in [-0.3, -0.25) is 14.5 Å². The maximum Gasteiger partial charge on any atom is 0.339 e. The smallest absolute Gasteiger partial charge is 0.339 e. The van der Waals surface area contributed by atoms with Gasteiger partial charge in [-0.15, -0.1) is 11.3 Å². The number of esters is 1. The fourth-order valence-electron chi connectivity index (χ4n) is 2.67. The summed E-state index contributed by atoms with van der Waals surface area (Å²) in [4.78, 5) is 38.1. The first kappa shape index (κ1) is 17.4. The number of hydrogen-bond donors (Lipinski definition) is 0. The third-order valence-electron chi connectivity index (χ3n) is 3.70. The van der Waals surface area contributed by atoms with Crippen LogP contribution in [0.3, 0.4) is 0 Å². The van der Waals surface area contributed by atoms with Crippen LogP contribution >= 0.6 is 23.1 Å². The normalized spacial score (nSPS) is 21.1. The van der Waals surface area contributed by atoms with E-state index in [1.54, 1.807) is 5.38 Å². The minimum atomic E-state index is -0.553. The first-order chi connectivity index (χ1) is 11.3. The Balaban J connectivity index is 1.81. The summed E-state index contributed by atoms with van der Waals surface area (Å²) in [5.74, 6) is -0.347. The quantitative estimate of drug-likeness (QED) is 0.763. The molecule has 3 rings (SSSR count).